The van der Waals surface area contributed by atoms with Crippen LogP contribution in [0.5, 0.6) is 0 Å². The van der Waals surface area contributed by atoms with Crippen LogP contribution in [0.4, 0.5) is 5.69 Å². The lowest BCUT2D eigenvalue weighted by molar-refractivity contribution is 0.574. The van der Waals surface area contributed by atoms with E-state index in [2.05, 4.69) is 15.6 Å². The molecule has 1 atom stereocenters. The molecule has 1 aliphatic heterocycles. The molecule has 1 fully saturated rings. The van der Waals surface area contributed by atoms with Crippen LogP contribution in [-0.4, -0.2) is 24.1 Å². The molecule has 1 aliphatic rings. The first-order chi connectivity index (χ1) is 7.88. The van der Waals surface area contributed by atoms with Crippen molar-refractivity contribution in [3.8, 4) is 6.07 Å². The van der Waals surface area contributed by atoms with Crippen LogP contribution < -0.4 is 10.6 Å². The van der Waals surface area contributed by atoms with Gasteiger partial charge in [0, 0.05) is 12.6 Å². The maximum Gasteiger partial charge on any atom is 0.140 e. The van der Waals surface area contributed by atoms with Crippen LogP contribution in [0.1, 0.15) is 25.0 Å². The number of aromatic nitrogens is 1. The molecular formula is C12H16N4. The van der Waals surface area contributed by atoms with Crippen LogP contribution >= 0.6 is 0 Å². The smallest absolute Gasteiger partial charge is 0.140 e. The first-order valence-electron chi connectivity index (χ1n) is 5.72. The lowest BCUT2D eigenvalue weighted by Crippen LogP contribution is -2.24. The van der Waals surface area contributed by atoms with Crippen molar-refractivity contribution in [1.82, 2.24) is 10.3 Å². The summed E-state index contributed by atoms with van der Waals surface area (Å²) in [6.07, 6.45) is 5.43. The fraction of sp³-hybridized carbons (Fsp3) is 0.500. The highest BCUT2D eigenvalue weighted by molar-refractivity contribution is 5.42. The Morgan fingerprint density at radius 3 is 3.12 bits per heavy atom. The van der Waals surface area contributed by atoms with E-state index in [4.69, 9.17) is 5.26 Å². The molecule has 2 N–H and O–H groups in total. The van der Waals surface area contributed by atoms with Gasteiger partial charge in [-0.1, -0.05) is 0 Å². The van der Waals surface area contributed by atoms with Crippen LogP contribution in [0.2, 0.25) is 0 Å². The Balaban J connectivity index is 1.74. The summed E-state index contributed by atoms with van der Waals surface area (Å²) in [4.78, 5) is 4.01. The Labute approximate surface area is 95.7 Å². The van der Waals surface area contributed by atoms with Gasteiger partial charge in [0.2, 0.25) is 0 Å². The summed E-state index contributed by atoms with van der Waals surface area (Å²) in [6, 6.07) is 6.30. The van der Waals surface area contributed by atoms with E-state index >= 15 is 0 Å². The van der Waals surface area contributed by atoms with Gasteiger partial charge in [-0.05, 0) is 37.9 Å². The molecule has 1 aromatic rings. The van der Waals surface area contributed by atoms with E-state index in [1.807, 2.05) is 12.1 Å². The molecule has 0 spiro atoms. The summed E-state index contributed by atoms with van der Waals surface area (Å²) in [5.74, 6) is 0. The second-order valence-corrected chi connectivity index (χ2v) is 4.05. The van der Waals surface area contributed by atoms with E-state index in [9.17, 15) is 0 Å². The first-order valence-corrected chi connectivity index (χ1v) is 5.72. The Hall–Kier alpha value is -1.60. The number of hydrogen-bond acceptors (Lipinski definition) is 4. The number of hydrogen-bond donors (Lipinski definition) is 2. The molecule has 16 heavy (non-hydrogen) atoms. The van der Waals surface area contributed by atoms with Crippen molar-refractivity contribution in [3.63, 3.8) is 0 Å². The van der Waals surface area contributed by atoms with E-state index in [0.29, 0.717) is 11.7 Å². The van der Waals surface area contributed by atoms with Gasteiger partial charge in [0.1, 0.15) is 11.8 Å². The molecule has 0 saturated carbocycles. The molecule has 2 heterocycles. The van der Waals surface area contributed by atoms with E-state index in [0.717, 1.165) is 25.2 Å². The lowest BCUT2D eigenvalue weighted by Gasteiger charge is -2.11. The molecule has 0 aliphatic carbocycles. The highest BCUT2D eigenvalue weighted by Gasteiger charge is 2.12. The molecule has 2 rings (SSSR count). The zero-order valence-corrected chi connectivity index (χ0v) is 9.24. The molecule has 4 nitrogen and oxygen atoms in total. The van der Waals surface area contributed by atoms with Crippen molar-refractivity contribution in [3.05, 3.63) is 24.0 Å². The minimum Gasteiger partial charge on any atom is -0.384 e. The van der Waals surface area contributed by atoms with Crippen LogP contribution in [-0.2, 0) is 0 Å². The Bertz CT molecular complexity index is 360. The van der Waals surface area contributed by atoms with Gasteiger partial charge < -0.3 is 10.6 Å². The second-order valence-electron chi connectivity index (χ2n) is 4.05. The molecular weight excluding hydrogens is 200 g/mol. The van der Waals surface area contributed by atoms with Crippen molar-refractivity contribution >= 4 is 5.69 Å². The Kier molecular flexibility index (Phi) is 3.73. The first kappa shape index (κ1) is 10.9. The van der Waals surface area contributed by atoms with Crippen molar-refractivity contribution in [2.24, 2.45) is 0 Å². The molecule has 0 aromatic carbocycles. The minimum absolute atomic E-state index is 0.461. The van der Waals surface area contributed by atoms with E-state index in [-0.39, 0.29) is 0 Å². The quantitative estimate of drug-likeness (QED) is 0.801. The number of nitriles is 1. The van der Waals surface area contributed by atoms with Crippen molar-refractivity contribution in [1.29, 1.82) is 5.26 Å². The number of nitrogens with zero attached hydrogens (tertiary/aromatic N) is 2. The molecule has 0 amide bonds. The molecule has 0 unspecified atom stereocenters. The van der Waals surface area contributed by atoms with Crippen molar-refractivity contribution < 1.29 is 0 Å². The van der Waals surface area contributed by atoms with Gasteiger partial charge in [-0.25, -0.2) is 4.98 Å². The third-order valence-electron chi connectivity index (χ3n) is 2.86. The average Bonchev–Trinajstić information content (AvgIpc) is 2.83. The third kappa shape index (κ3) is 2.94. The molecule has 1 aromatic heterocycles. The van der Waals surface area contributed by atoms with Crippen LogP contribution in [0, 0.1) is 11.3 Å². The maximum absolute atomic E-state index is 8.61. The molecule has 1 saturated heterocycles. The minimum atomic E-state index is 0.461. The third-order valence-corrected chi connectivity index (χ3v) is 2.86. The lowest BCUT2D eigenvalue weighted by atomic mass is 10.1. The highest BCUT2D eigenvalue weighted by Crippen LogP contribution is 2.10. The van der Waals surface area contributed by atoms with Crippen LogP contribution in [0.15, 0.2) is 18.3 Å². The SMILES string of the molecule is N#Cc1ccc(NCC[C@H]2CCCN2)cn1. The molecule has 84 valence electrons. The van der Waals surface area contributed by atoms with Gasteiger partial charge in [-0.3, -0.25) is 0 Å². The van der Waals surface area contributed by atoms with Gasteiger partial charge in [0.05, 0.1) is 11.9 Å². The standard InChI is InChI=1S/C12H16N4/c13-8-11-3-4-12(9-16-11)15-7-5-10-2-1-6-14-10/h3-4,9-10,14-15H,1-2,5-7H2/t10-/m1/s1. The predicted octanol–water partition coefficient (Wildman–Crippen LogP) is 1.51. The van der Waals surface area contributed by atoms with Crippen LogP contribution in [0.25, 0.3) is 0 Å². The van der Waals surface area contributed by atoms with Gasteiger partial charge in [-0.2, -0.15) is 5.26 Å². The normalized spacial score (nSPS) is 19.3. The summed E-state index contributed by atoms with van der Waals surface area (Å²) in [7, 11) is 0. The van der Waals surface area contributed by atoms with Gasteiger partial charge in [-0.15, -0.1) is 0 Å². The van der Waals surface area contributed by atoms with E-state index < -0.39 is 0 Å². The monoisotopic (exact) mass is 216 g/mol. The number of nitrogens with one attached hydrogen (secondary N) is 2. The summed E-state index contributed by atoms with van der Waals surface area (Å²) in [5.41, 5.74) is 1.44. The number of anilines is 1. The van der Waals surface area contributed by atoms with E-state index in [1.165, 1.54) is 12.8 Å². The zero-order valence-electron chi connectivity index (χ0n) is 9.24. The highest BCUT2D eigenvalue weighted by atomic mass is 15.0. The Morgan fingerprint density at radius 2 is 2.50 bits per heavy atom. The van der Waals surface area contributed by atoms with Crippen molar-refractivity contribution in [2.75, 3.05) is 18.4 Å². The number of rotatable bonds is 4. The number of pyridine rings is 1. The summed E-state index contributed by atoms with van der Waals surface area (Å²) in [6.45, 7) is 2.11. The fourth-order valence-corrected chi connectivity index (χ4v) is 1.96. The second kappa shape index (κ2) is 5.47. The average molecular weight is 216 g/mol. The Morgan fingerprint density at radius 1 is 1.56 bits per heavy atom. The maximum atomic E-state index is 8.61. The summed E-state index contributed by atoms with van der Waals surface area (Å²) >= 11 is 0. The van der Waals surface area contributed by atoms with Crippen molar-refractivity contribution in [2.45, 2.75) is 25.3 Å². The molecule has 0 bridgehead atoms. The largest absolute Gasteiger partial charge is 0.384 e. The van der Waals surface area contributed by atoms with Gasteiger partial charge in [0.15, 0.2) is 0 Å². The zero-order chi connectivity index (χ0) is 11.2. The summed E-state index contributed by atoms with van der Waals surface area (Å²) in [5, 5.41) is 15.4. The molecule has 0 radical (unpaired) electrons. The predicted molar refractivity (Wildman–Crippen MR) is 63.1 cm³/mol. The van der Waals surface area contributed by atoms with E-state index in [1.54, 1.807) is 12.3 Å². The van der Waals surface area contributed by atoms with Crippen LogP contribution in [0.3, 0.4) is 0 Å². The topological polar surface area (TPSA) is 60.7 Å². The van der Waals surface area contributed by atoms with Gasteiger partial charge in [0.25, 0.3) is 0 Å². The molecule has 4 heteroatoms. The fourth-order valence-electron chi connectivity index (χ4n) is 1.96. The van der Waals surface area contributed by atoms with Gasteiger partial charge >= 0.3 is 0 Å². The summed E-state index contributed by atoms with van der Waals surface area (Å²) < 4.78 is 0.